The van der Waals surface area contributed by atoms with Gasteiger partial charge in [0.15, 0.2) is 0 Å². The highest BCUT2D eigenvalue weighted by molar-refractivity contribution is 5.99. The van der Waals surface area contributed by atoms with Crippen LogP contribution in [0.1, 0.15) is 150 Å². The van der Waals surface area contributed by atoms with Crippen LogP contribution in [0.4, 0.5) is 39.5 Å². The molecule has 6 fully saturated rings. The summed E-state index contributed by atoms with van der Waals surface area (Å²) in [5.41, 5.74) is -3.62. The van der Waals surface area contributed by atoms with Gasteiger partial charge in [0.1, 0.15) is 5.75 Å². The van der Waals surface area contributed by atoms with Crippen molar-refractivity contribution in [1.29, 1.82) is 0 Å². The Morgan fingerprint density at radius 3 is 1.36 bits per heavy atom. The molecule has 2 aliphatic heterocycles. The molecule has 6 aliphatic rings. The Kier molecular flexibility index (Phi) is 12.4. The van der Waals surface area contributed by atoms with E-state index in [-0.39, 0.29) is 52.9 Å². The predicted octanol–water partition coefficient (Wildman–Crippen LogP) is 9.69. The second-order valence-electron chi connectivity index (χ2n) is 16.8. The van der Waals surface area contributed by atoms with Gasteiger partial charge in [-0.05, 0) is 163 Å². The number of nitrogens with zero attached hydrogens (tertiary/aromatic N) is 2. The summed E-state index contributed by atoms with van der Waals surface area (Å²) >= 11 is 0. The monoisotopic (exact) mass is 830 g/mol. The number of alkyl halides is 9. The number of likely N-dealkylation sites (tertiary alicyclic amines) is 2. The first-order valence-corrected chi connectivity index (χ1v) is 20.6. The number of ether oxygens (including phenoxy) is 1. The molecule has 0 radical (unpaired) electrons. The van der Waals surface area contributed by atoms with E-state index in [0.29, 0.717) is 30.9 Å². The van der Waals surface area contributed by atoms with Crippen LogP contribution >= 0.6 is 0 Å². The second kappa shape index (κ2) is 16.8. The third-order valence-corrected chi connectivity index (χ3v) is 12.8. The summed E-state index contributed by atoms with van der Waals surface area (Å²) in [4.78, 5) is 30.9. The van der Waals surface area contributed by atoms with Crippen molar-refractivity contribution in [1.82, 2.24) is 20.4 Å². The molecule has 320 valence electrons. The molecule has 4 atom stereocenters. The average molecular weight is 831 g/mol. The van der Waals surface area contributed by atoms with E-state index in [4.69, 9.17) is 4.74 Å². The molecule has 7 nitrogen and oxygen atoms in total. The van der Waals surface area contributed by atoms with Crippen molar-refractivity contribution in [2.45, 2.75) is 144 Å². The van der Waals surface area contributed by atoms with Crippen LogP contribution in [0.15, 0.2) is 24.3 Å². The van der Waals surface area contributed by atoms with Gasteiger partial charge in [-0.2, -0.15) is 39.5 Å². The molecule has 8 rings (SSSR count). The number of nitrogens with one attached hydrogen (secondary N) is 2. The van der Waals surface area contributed by atoms with Crippen LogP contribution in [0.3, 0.4) is 0 Å². The molecule has 2 amide bonds. The van der Waals surface area contributed by atoms with Crippen molar-refractivity contribution in [2.24, 2.45) is 0 Å². The first-order valence-electron chi connectivity index (χ1n) is 20.6. The lowest BCUT2D eigenvalue weighted by molar-refractivity contribution is -0.143. The molecular formula is C42H51F9N4O3. The highest BCUT2D eigenvalue weighted by Crippen LogP contribution is 2.48. The van der Waals surface area contributed by atoms with Crippen LogP contribution in [0.2, 0.25) is 0 Å². The number of hydrogen-bond donors (Lipinski definition) is 2. The fraction of sp³-hybridized carbons (Fsp3) is 0.667. The van der Waals surface area contributed by atoms with Crippen LogP contribution in [0.5, 0.6) is 5.75 Å². The lowest BCUT2D eigenvalue weighted by Gasteiger charge is -2.30. The van der Waals surface area contributed by atoms with Gasteiger partial charge in [-0.1, -0.05) is 0 Å². The molecule has 2 aromatic carbocycles. The minimum absolute atomic E-state index is 0.00917. The van der Waals surface area contributed by atoms with Gasteiger partial charge in [0.05, 0.1) is 34.9 Å². The number of methoxy groups -OCH3 is 1. The molecular weight excluding hydrogens is 779 g/mol. The van der Waals surface area contributed by atoms with Crippen molar-refractivity contribution in [3.63, 3.8) is 0 Å². The number of hydrogen-bond acceptors (Lipinski definition) is 5. The van der Waals surface area contributed by atoms with E-state index in [1.807, 2.05) is 0 Å². The third-order valence-electron chi connectivity index (χ3n) is 12.8. The normalized spacial score (nSPS) is 25.8. The molecule has 4 aliphatic carbocycles. The molecule has 16 heteroatoms. The van der Waals surface area contributed by atoms with Crippen molar-refractivity contribution in [2.75, 3.05) is 33.3 Å². The van der Waals surface area contributed by atoms with E-state index in [2.05, 4.69) is 20.4 Å². The lowest BCUT2D eigenvalue weighted by Crippen LogP contribution is -2.48. The van der Waals surface area contributed by atoms with E-state index < -0.39 is 52.6 Å². The van der Waals surface area contributed by atoms with Gasteiger partial charge in [-0.25, -0.2) is 0 Å². The molecule has 0 bridgehead atoms. The van der Waals surface area contributed by atoms with E-state index >= 15 is 0 Å². The fourth-order valence-electron chi connectivity index (χ4n) is 9.66. The van der Waals surface area contributed by atoms with Gasteiger partial charge in [-0.3, -0.25) is 19.4 Å². The summed E-state index contributed by atoms with van der Waals surface area (Å²) in [5.74, 6) is -1.62. The Morgan fingerprint density at radius 2 is 0.966 bits per heavy atom. The Morgan fingerprint density at radius 1 is 0.552 bits per heavy atom. The van der Waals surface area contributed by atoms with E-state index in [9.17, 15) is 49.1 Å². The van der Waals surface area contributed by atoms with Gasteiger partial charge in [0.25, 0.3) is 11.8 Å². The molecule has 2 aromatic rings. The van der Waals surface area contributed by atoms with Gasteiger partial charge in [0.2, 0.25) is 0 Å². The molecule has 58 heavy (non-hydrogen) atoms. The van der Waals surface area contributed by atoms with Crippen LogP contribution in [0.25, 0.3) is 0 Å². The molecule has 4 saturated carbocycles. The zero-order valence-electron chi connectivity index (χ0n) is 32.5. The summed E-state index contributed by atoms with van der Waals surface area (Å²) in [6, 6.07) is 3.06. The van der Waals surface area contributed by atoms with Crippen molar-refractivity contribution in [3.8, 4) is 5.75 Å². The smallest absolute Gasteiger partial charge is 0.417 e. The van der Waals surface area contributed by atoms with Crippen LogP contribution in [-0.4, -0.2) is 79.1 Å². The molecule has 0 aromatic heterocycles. The Hall–Kier alpha value is -3.53. The molecule has 2 saturated heterocycles. The zero-order valence-corrected chi connectivity index (χ0v) is 32.5. The van der Waals surface area contributed by atoms with Crippen molar-refractivity contribution < 1.29 is 53.8 Å². The maximum Gasteiger partial charge on any atom is 0.417 e. The SMILES string of the molecule is COc1cc(C(F)(F)F)cc(C2CC2)c1C(=O)N[C@@H]1CCC[C@@H]1N1CCCC1.O=C(N[C@@H]1CCC[C@@H]1N1CCCC1)c1c(C2CC2)cc(C(F)(F)F)cc1C(F)(F)F. The third kappa shape index (κ3) is 9.58. The summed E-state index contributed by atoms with van der Waals surface area (Å²) < 4.78 is 126. The highest BCUT2D eigenvalue weighted by atomic mass is 19.4. The van der Waals surface area contributed by atoms with Gasteiger partial charge < -0.3 is 15.4 Å². The topological polar surface area (TPSA) is 73.9 Å². The van der Waals surface area contributed by atoms with Crippen LogP contribution in [0, 0.1) is 0 Å². The second-order valence-corrected chi connectivity index (χ2v) is 16.8. The Labute approximate surface area is 332 Å². The largest absolute Gasteiger partial charge is 0.496 e. The summed E-state index contributed by atoms with van der Waals surface area (Å²) in [6.45, 7) is 3.93. The van der Waals surface area contributed by atoms with Crippen molar-refractivity contribution in [3.05, 3.63) is 63.2 Å². The van der Waals surface area contributed by atoms with Crippen LogP contribution < -0.4 is 15.4 Å². The number of halogens is 9. The van der Waals surface area contributed by atoms with E-state index in [1.165, 1.54) is 20.0 Å². The summed E-state index contributed by atoms with van der Waals surface area (Å²) in [5, 5.41) is 5.89. The minimum atomic E-state index is -5.05. The fourth-order valence-corrected chi connectivity index (χ4v) is 9.66. The quantitative estimate of drug-likeness (QED) is 0.247. The lowest BCUT2D eigenvalue weighted by atomic mass is 9.93. The van der Waals surface area contributed by atoms with Gasteiger partial charge in [-0.15, -0.1) is 0 Å². The maximum absolute atomic E-state index is 13.7. The molecule has 2 heterocycles. The average Bonchev–Trinajstić information content (AvgIpc) is 3.88. The predicted molar refractivity (Wildman–Crippen MR) is 198 cm³/mol. The Bertz CT molecular complexity index is 1810. The van der Waals surface area contributed by atoms with E-state index in [1.54, 1.807) is 0 Å². The molecule has 0 spiro atoms. The van der Waals surface area contributed by atoms with Crippen molar-refractivity contribution >= 4 is 11.8 Å². The molecule has 2 N–H and O–H groups in total. The standard InChI is InChI=1S/C21H24F6N2O.C21H27F3N2O2/c22-20(23,24)13-10-14(12-6-7-12)18(15(11-13)21(25,26)27)19(30)28-16-4-3-5-17(16)29-8-1-2-9-29;1-28-18-12-14(21(22,23)24)11-15(13-7-8-13)19(18)20(27)25-16-5-4-6-17(16)26-9-2-3-10-26/h10-12,16-17H,1-9H2,(H,28,30);11-13,16-17H,2-10H2,1H3,(H,25,27)/t2*16-,17+/m11/s1. The molecule has 0 unspecified atom stereocenters. The summed E-state index contributed by atoms with van der Waals surface area (Å²) in [6.07, 6.45) is -1.93. The summed E-state index contributed by atoms with van der Waals surface area (Å²) in [7, 11) is 1.32. The number of carbonyl (C=O) groups excluding carboxylic acids is 2. The minimum Gasteiger partial charge on any atom is -0.496 e. The van der Waals surface area contributed by atoms with Crippen LogP contribution in [-0.2, 0) is 18.5 Å². The first-order chi connectivity index (χ1) is 27.4. The zero-order chi connectivity index (χ0) is 41.6. The van der Waals surface area contributed by atoms with Gasteiger partial charge >= 0.3 is 18.5 Å². The first kappa shape index (κ1) is 42.6. The van der Waals surface area contributed by atoms with Gasteiger partial charge in [0, 0.05) is 24.2 Å². The Balaban J connectivity index is 0.000000177. The maximum atomic E-state index is 13.7. The number of amides is 2. The van der Waals surface area contributed by atoms with E-state index in [0.717, 1.165) is 102 Å². The number of benzene rings is 2. The number of rotatable bonds is 9. The highest BCUT2D eigenvalue weighted by Gasteiger charge is 2.45. The number of carbonyl (C=O) groups is 2.